The average Bonchev–Trinajstić information content (AvgIpc) is 3.15. The molecule has 0 amide bonds. The highest BCUT2D eigenvalue weighted by Crippen LogP contribution is 2.64. The van der Waals surface area contributed by atoms with Crippen LogP contribution in [0.2, 0.25) is 0 Å². The molecular formula is C19H19N3O5S2. The van der Waals surface area contributed by atoms with Crippen molar-refractivity contribution in [2.75, 3.05) is 0 Å². The first-order valence-electron chi connectivity index (χ1n) is 9.00. The molecule has 0 aliphatic carbocycles. The van der Waals surface area contributed by atoms with Gasteiger partial charge in [-0.05, 0) is 20.8 Å². The second-order valence-corrected chi connectivity index (χ2v) is 9.96. The van der Waals surface area contributed by atoms with Crippen LogP contribution in [-0.2, 0) is 10.3 Å². The van der Waals surface area contributed by atoms with Gasteiger partial charge >= 0.3 is 5.97 Å². The number of carboxylic acid groups (broad SMARTS) is 1. The van der Waals surface area contributed by atoms with E-state index in [0.717, 1.165) is 0 Å². The quantitative estimate of drug-likeness (QED) is 0.435. The van der Waals surface area contributed by atoms with Crippen molar-refractivity contribution in [3.05, 3.63) is 45.7 Å². The third-order valence-corrected chi connectivity index (χ3v) is 8.14. The second-order valence-electron chi connectivity index (χ2n) is 7.80. The predicted molar refractivity (Wildman–Crippen MR) is 112 cm³/mol. The number of hydrogen-bond acceptors (Lipinski definition) is 7. The number of aromatic nitrogens is 1. The minimum absolute atomic E-state index is 0.0686. The molecule has 2 saturated heterocycles. The second kappa shape index (κ2) is 6.27. The van der Waals surface area contributed by atoms with Crippen LogP contribution in [-0.4, -0.2) is 41.2 Å². The summed E-state index contributed by atoms with van der Waals surface area (Å²) >= 11 is 7.12. The number of aliphatic carboxylic acids is 1. The molecule has 3 heterocycles. The molecule has 0 radical (unpaired) electrons. The first kappa shape index (κ1) is 19.8. The standard InChI is InChI=1S/C19H19N3O5S2/c1-9-15(28)21-16(9)29-18(3,4)19(21,17(23)24)13-10(2)27-20-14(13)11-6-5-7-12(8-11)22(25)26/h5-9,16H,1-4H3,(H,23,24)/t9-,16-,19+/m1/s1. The number of rotatable bonds is 4. The van der Waals surface area contributed by atoms with Gasteiger partial charge in [-0.1, -0.05) is 36.4 Å². The summed E-state index contributed by atoms with van der Waals surface area (Å²) in [6, 6.07) is 5.95. The van der Waals surface area contributed by atoms with Gasteiger partial charge in [-0.25, -0.2) is 4.79 Å². The van der Waals surface area contributed by atoms with Crippen LogP contribution >= 0.6 is 24.0 Å². The van der Waals surface area contributed by atoms with Crippen LogP contribution in [0.4, 0.5) is 5.69 Å². The van der Waals surface area contributed by atoms with E-state index in [1.165, 1.54) is 12.1 Å². The van der Waals surface area contributed by atoms with Gasteiger partial charge in [0.15, 0.2) is 5.54 Å². The molecule has 4 rings (SSSR count). The summed E-state index contributed by atoms with van der Waals surface area (Å²) in [6.45, 7) is 7.41. The van der Waals surface area contributed by atoms with Crippen molar-refractivity contribution < 1.29 is 19.3 Å². The monoisotopic (exact) mass is 433 g/mol. The number of benzene rings is 1. The van der Waals surface area contributed by atoms with Crippen LogP contribution in [0.3, 0.4) is 0 Å². The van der Waals surface area contributed by atoms with Crippen molar-refractivity contribution in [2.45, 2.75) is 43.4 Å². The Morgan fingerprint density at radius 1 is 1.45 bits per heavy atom. The number of aryl methyl sites for hydroxylation is 1. The van der Waals surface area contributed by atoms with E-state index in [4.69, 9.17) is 16.7 Å². The maximum Gasteiger partial charge on any atom is 0.336 e. The maximum absolute atomic E-state index is 12.9. The highest BCUT2D eigenvalue weighted by atomic mass is 32.2. The molecule has 1 N–H and O–H groups in total. The molecule has 8 nitrogen and oxygen atoms in total. The minimum atomic E-state index is -1.50. The van der Waals surface area contributed by atoms with Crippen LogP contribution in [0.5, 0.6) is 0 Å². The lowest BCUT2D eigenvalue weighted by Gasteiger charge is -2.51. The maximum atomic E-state index is 12.9. The SMILES string of the molecule is Cc1onc(-c2cccc([N+](=O)[O-])c2)c1[C@@]1(C(=O)O)N2C(=S)[C@@H](C)[C@H]2SC1(C)C. The van der Waals surface area contributed by atoms with Gasteiger partial charge in [-0.3, -0.25) is 10.1 Å². The van der Waals surface area contributed by atoms with Gasteiger partial charge in [0.2, 0.25) is 0 Å². The molecule has 0 spiro atoms. The lowest BCUT2D eigenvalue weighted by molar-refractivity contribution is -0.384. The van der Waals surface area contributed by atoms with E-state index in [2.05, 4.69) is 5.16 Å². The first-order valence-corrected chi connectivity index (χ1v) is 10.3. The zero-order chi connectivity index (χ0) is 21.3. The first-order chi connectivity index (χ1) is 13.5. The summed E-state index contributed by atoms with van der Waals surface area (Å²) in [6.07, 6.45) is 0. The third-order valence-electron chi connectivity index (χ3n) is 5.82. The molecule has 152 valence electrons. The molecule has 29 heavy (non-hydrogen) atoms. The minimum Gasteiger partial charge on any atom is -0.479 e. The van der Waals surface area contributed by atoms with Gasteiger partial charge in [-0.2, -0.15) is 0 Å². The summed E-state index contributed by atoms with van der Waals surface area (Å²) < 4.78 is 4.68. The smallest absolute Gasteiger partial charge is 0.336 e. The number of fused-ring (bicyclic) bond motifs is 1. The third kappa shape index (κ3) is 2.42. The lowest BCUT2D eigenvalue weighted by Crippen LogP contribution is -2.67. The Bertz CT molecular complexity index is 1070. The molecule has 2 fully saturated rings. The van der Waals surface area contributed by atoms with Crippen molar-refractivity contribution in [1.82, 2.24) is 10.1 Å². The highest BCUT2D eigenvalue weighted by Gasteiger charge is 2.72. The Labute approximate surface area is 176 Å². The predicted octanol–water partition coefficient (Wildman–Crippen LogP) is 3.97. The van der Waals surface area contributed by atoms with Gasteiger partial charge in [0.25, 0.3) is 5.69 Å². The fraction of sp³-hybridized carbons (Fsp3) is 0.421. The number of carboxylic acids is 1. The molecule has 1 aromatic carbocycles. The van der Waals surface area contributed by atoms with Crippen molar-refractivity contribution in [1.29, 1.82) is 0 Å². The number of thiocarbonyl (C=S) groups is 1. The largest absolute Gasteiger partial charge is 0.479 e. The van der Waals surface area contributed by atoms with Crippen molar-refractivity contribution in [2.24, 2.45) is 5.92 Å². The molecule has 0 bridgehead atoms. The Kier molecular flexibility index (Phi) is 4.29. The number of nitro groups is 1. The van der Waals surface area contributed by atoms with E-state index in [-0.39, 0.29) is 22.7 Å². The number of nitro benzene ring substituents is 1. The van der Waals surface area contributed by atoms with E-state index in [9.17, 15) is 20.0 Å². The number of thioether (sulfide) groups is 1. The summed E-state index contributed by atoms with van der Waals surface area (Å²) in [5, 5.41) is 25.8. The van der Waals surface area contributed by atoms with Crippen LogP contribution in [0.25, 0.3) is 11.3 Å². The van der Waals surface area contributed by atoms with E-state index >= 15 is 0 Å². The number of non-ortho nitro benzene ring substituents is 1. The zero-order valence-corrected chi connectivity index (χ0v) is 17.8. The zero-order valence-electron chi connectivity index (χ0n) is 16.2. The highest BCUT2D eigenvalue weighted by molar-refractivity contribution is 8.01. The molecule has 1 aromatic heterocycles. The van der Waals surface area contributed by atoms with Gasteiger partial charge in [-0.15, -0.1) is 11.8 Å². The molecule has 2 aromatic rings. The van der Waals surface area contributed by atoms with E-state index in [0.29, 0.717) is 21.9 Å². The number of carbonyl (C=O) groups is 1. The van der Waals surface area contributed by atoms with Crippen molar-refractivity contribution in [3.63, 3.8) is 0 Å². The molecule has 10 heteroatoms. The molecule has 2 aliphatic rings. The van der Waals surface area contributed by atoms with Crippen LogP contribution in [0.1, 0.15) is 32.1 Å². The summed E-state index contributed by atoms with van der Waals surface area (Å²) in [5.41, 5.74) is -0.513. The van der Waals surface area contributed by atoms with Crippen LogP contribution in [0.15, 0.2) is 28.8 Å². The van der Waals surface area contributed by atoms with Gasteiger partial charge in [0.1, 0.15) is 11.5 Å². The van der Waals surface area contributed by atoms with Crippen molar-refractivity contribution in [3.8, 4) is 11.3 Å². The van der Waals surface area contributed by atoms with Gasteiger partial charge in [0.05, 0.1) is 25.6 Å². The van der Waals surface area contributed by atoms with E-state index in [1.807, 2.05) is 20.8 Å². The Hall–Kier alpha value is -2.46. The molecule has 2 aliphatic heterocycles. The van der Waals surface area contributed by atoms with E-state index in [1.54, 1.807) is 35.7 Å². The summed E-state index contributed by atoms with van der Waals surface area (Å²) in [5.74, 6) is -0.618. The fourth-order valence-electron chi connectivity index (χ4n) is 4.45. The number of nitrogens with zero attached hydrogens (tertiary/aromatic N) is 3. The van der Waals surface area contributed by atoms with Gasteiger partial charge < -0.3 is 14.5 Å². The van der Waals surface area contributed by atoms with E-state index < -0.39 is 21.2 Å². The van der Waals surface area contributed by atoms with Gasteiger partial charge in [0, 0.05) is 23.6 Å². The summed E-state index contributed by atoms with van der Waals surface area (Å²) in [7, 11) is 0. The van der Waals surface area contributed by atoms with Crippen LogP contribution in [0, 0.1) is 23.0 Å². The fourth-order valence-corrected chi connectivity index (χ4v) is 6.75. The normalized spacial score (nSPS) is 27.4. The molecular weight excluding hydrogens is 414 g/mol. The summed E-state index contributed by atoms with van der Waals surface area (Å²) in [4.78, 5) is 26.0. The molecule has 3 atom stereocenters. The Morgan fingerprint density at radius 2 is 2.14 bits per heavy atom. The average molecular weight is 434 g/mol. The molecule has 0 saturated carbocycles. The Morgan fingerprint density at radius 3 is 2.76 bits per heavy atom. The van der Waals surface area contributed by atoms with Crippen LogP contribution < -0.4 is 0 Å². The van der Waals surface area contributed by atoms with Crippen molar-refractivity contribution >= 4 is 40.6 Å². The number of hydrogen-bond donors (Lipinski definition) is 1. The molecule has 0 unspecified atom stereocenters. The lowest BCUT2D eigenvalue weighted by atomic mass is 9.73. The Balaban J connectivity index is 2.00. The topological polar surface area (TPSA) is 110 Å².